The van der Waals surface area contributed by atoms with Crippen LogP contribution < -0.4 is 10.5 Å². The molecule has 0 aromatic carbocycles. The van der Waals surface area contributed by atoms with Gasteiger partial charge in [0.25, 0.3) is 5.56 Å². The Bertz CT molecular complexity index is 665. The van der Waals surface area contributed by atoms with Crippen molar-refractivity contribution in [1.29, 1.82) is 0 Å². The first kappa shape index (κ1) is 12.2. The van der Waals surface area contributed by atoms with Gasteiger partial charge in [-0.3, -0.25) is 4.79 Å². The highest BCUT2D eigenvalue weighted by molar-refractivity contribution is 5.79. The predicted octanol–water partition coefficient (Wildman–Crippen LogP) is 1.16. The van der Waals surface area contributed by atoms with E-state index in [1.165, 1.54) is 0 Å². The lowest BCUT2D eigenvalue weighted by molar-refractivity contribution is 0.0529. The van der Waals surface area contributed by atoms with Crippen molar-refractivity contribution in [3.05, 3.63) is 34.7 Å². The van der Waals surface area contributed by atoms with Crippen LogP contribution in [0.5, 0.6) is 0 Å². The van der Waals surface area contributed by atoms with Gasteiger partial charge >= 0.3 is 0 Å². The number of hydrogen-bond donors (Lipinski definition) is 0. The molecule has 19 heavy (non-hydrogen) atoms. The highest BCUT2D eigenvalue weighted by Gasteiger charge is 2.18. The number of nitrogens with zero attached hydrogens (tertiary/aromatic N) is 3. The molecular weight excluding hydrogens is 242 g/mol. The van der Waals surface area contributed by atoms with Crippen LogP contribution in [0.4, 0.5) is 5.82 Å². The molecule has 0 saturated carbocycles. The summed E-state index contributed by atoms with van der Waals surface area (Å²) in [4.78, 5) is 18.7. The number of fused-ring (bicyclic) bond motifs is 1. The molecule has 1 aliphatic heterocycles. The molecule has 100 valence electrons. The van der Waals surface area contributed by atoms with Crippen LogP contribution in [0.3, 0.4) is 0 Å². The maximum atomic E-state index is 12.0. The van der Waals surface area contributed by atoms with E-state index < -0.39 is 0 Å². The molecule has 0 bridgehead atoms. The summed E-state index contributed by atoms with van der Waals surface area (Å²) in [5, 5.41) is 0.662. The zero-order valence-corrected chi connectivity index (χ0v) is 11.2. The Morgan fingerprint density at radius 1 is 1.37 bits per heavy atom. The van der Waals surface area contributed by atoms with Crippen molar-refractivity contribution < 1.29 is 4.74 Å². The standard InChI is InChI=1S/C14H17N3O2/c1-10-9-17(7-8-19-10)13-4-3-11-12(15-13)5-6-16(2)14(11)18/h3-6,10H,7-9H2,1-2H3. The summed E-state index contributed by atoms with van der Waals surface area (Å²) in [5.41, 5.74) is 0.742. The molecule has 2 aromatic rings. The average molecular weight is 259 g/mol. The predicted molar refractivity (Wildman–Crippen MR) is 74.6 cm³/mol. The van der Waals surface area contributed by atoms with E-state index >= 15 is 0 Å². The number of rotatable bonds is 1. The molecule has 0 amide bonds. The van der Waals surface area contributed by atoms with Gasteiger partial charge in [0.1, 0.15) is 5.82 Å². The van der Waals surface area contributed by atoms with Crippen molar-refractivity contribution in [2.45, 2.75) is 13.0 Å². The number of ether oxygens (including phenoxy) is 1. The average Bonchev–Trinajstić information content (AvgIpc) is 2.43. The van der Waals surface area contributed by atoms with E-state index in [0.29, 0.717) is 5.39 Å². The summed E-state index contributed by atoms with van der Waals surface area (Å²) in [6, 6.07) is 5.66. The number of aromatic nitrogens is 2. The van der Waals surface area contributed by atoms with Crippen LogP contribution in [-0.2, 0) is 11.8 Å². The summed E-state index contributed by atoms with van der Waals surface area (Å²) >= 11 is 0. The maximum absolute atomic E-state index is 12.0. The Balaban J connectivity index is 2.02. The second kappa shape index (κ2) is 4.66. The number of aryl methyl sites for hydroxylation is 1. The van der Waals surface area contributed by atoms with Crippen molar-refractivity contribution in [3.8, 4) is 0 Å². The third-order valence-corrected chi connectivity index (χ3v) is 3.48. The second-order valence-electron chi connectivity index (χ2n) is 4.96. The zero-order valence-electron chi connectivity index (χ0n) is 11.2. The Morgan fingerprint density at radius 3 is 3.00 bits per heavy atom. The molecule has 1 fully saturated rings. The van der Waals surface area contributed by atoms with E-state index in [1.54, 1.807) is 17.8 Å². The van der Waals surface area contributed by atoms with Gasteiger partial charge in [-0.2, -0.15) is 0 Å². The van der Waals surface area contributed by atoms with Gasteiger partial charge in [-0.1, -0.05) is 0 Å². The summed E-state index contributed by atoms with van der Waals surface area (Å²) in [7, 11) is 1.75. The number of pyridine rings is 2. The van der Waals surface area contributed by atoms with E-state index in [0.717, 1.165) is 31.0 Å². The Labute approximate surface area is 111 Å². The first-order valence-electron chi connectivity index (χ1n) is 6.48. The van der Waals surface area contributed by atoms with Crippen molar-refractivity contribution in [3.63, 3.8) is 0 Å². The summed E-state index contributed by atoms with van der Waals surface area (Å²) in [5.74, 6) is 0.913. The highest BCUT2D eigenvalue weighted by atomic mass is 16.5. The van der Waals surface area contributed by atoms with Gasteiger partial charge in [0, 0.05) is 26.3 Å². The normalized spacial score (nSPS) is 19.9. The van der Waals surface area contributed by atoms with E-state index in [1.807, 2.05) is 18.2 Å². The van der Waals surface area contributed by atoms with Crippen LogP contribution in [0, 0.1) is 0 Å². The molecule has 0 spiro atoms. The molecule has 2 aromatic heterocycles. The van der Waals surface area contributed by atoms with Crippen LogP contribution in [0.1, 0.15) is 6.92 Å². The number of anilines is 1. The second-order valence-corrected chi connectivity index (χ2v) is 4.96. The summed E-state index contributed by atoms with van der Waals surface area (Å²) < 4.78 is 7.10. The monoisotopic (exact) mass is 259 g/mol. The summed E-state index contributed by atoms with van der Waals surface area (Å²) in [6.07, 6.45) is 1.97. The minimum absolute atomic E-state index is 0.00750. The minimum Gasteiger partial charge on any atom is -0.375 e. The number of morpholine rings is 1. The van der Waals surface area contributed by atoms with E-state index in [-0.39, 0.29) is 11.7 Å². The first-order chi connectivity index (χ1) is 9.15. The third-order valence-electron chi connectivity index (χ3n) is 3.48. The maximum Gasteiger partial charge on any atom is 0.259 e. The molecular formula is C14H17N3O2. The van der Waals surface area contributed by atoms with Gasteiger partial charge in [-0.15, -0.1) is 0 Å². The fourth-order valence-electron chi connectivity index (χ4n) is 2.41. The van der Waals surface area contributed by atoms with Gasteiger partial charge in [0.2, 0.25) is 0 Å². The molecule has 0 aliphatic carbocycles. The lowest BCUT2D eigenvalue weighted by atomic mass is 10.2. The van der Waals surface area contributed by atoms with E-state index in [2.05, 4.69) is 16.8 Å². The topological polar surface area (TPSA) is 47.4 Å². The molecule has 1 saturated heterocycles. The van der Waals surface area contributed by atoms with Crippen molar-refractivity contribution >= 4 is 16.7 Å². The molecule has 5 heteroatoms. The molecule has 3 rings (SSSR count). The fourth-order valence-corrected chi connectivity index (χ4v) is 2.41. The van der Waals surface area contributed by atoms with Gasteiger partial charge in [0.05, 0.1) is 23.6 Å². The quantitative estimate of drug-likeness (QED) is 0.771. The smallest absolute Gasteiger partial charge is 0.259 e. The first-order valence-corrected chi connectivity index (χ1v) is 6.48. The molecule has 3 heterocycles. The summed E-state index contributed by atoms with van der Waals surface area (Å²) in [6.45, 7) is 4.46. The molecule has 1 aliphatic rings. The van der Waals surface area contributed by atoms with Crippen LogP contribution in [0.2, 0.25) is 0 Å². The lowest BCUT2D eigenvalue weighted by Gasteiger charge is -2.32. The Hall–Kier alpha value is -1.88. The highest BCUT2D eigenvalue weighted by Crippen LogP contribution is 2.18. The van der Waals surface area contributed by atoms with Gasteiger partial charge in [-0.05, 0) is 25.1 Å². The van der Waals surface area contributed by atoms with Crippen molar-refractivity contribution in [2.75, 3.05) is 24.6 Å². The van der Waals surface area contributed by atoms with Crippen molar-refractivity contribution in [2.24, 2.45) is 7.05 Å². The van der Waals surface area contributed by atoms with E-state index in [9.17, 15) is 4.79 Å². The van der Waals surface area contributed by atoms with Gasteiger partial charge in [-0.25, -0.2) is 4.98 Å². The fraction of sp³-hybridized carbons (Fsp3) is 0.429. The Kier molecular flexibility index (Phi) is 2.98. The molecule has 1 atom stereocenters. The van der Waals surface area contributed by atoms with Crippen LogP contribution in [0.15, 0.2) is 29.2 Å². The van der Waals surface area contributed by atoms with Gasteiger partial charge < -0.3 is 14.2 Å². The molecule has 0 N–H and O–H groups in total. The molecule has 1 unspecified atom stereocenters. The van der Waals surface area contributed by atoms with Crippen molar-refractivity contribution in [1.82, 2.24) is 9.55 Å². The lowest BCUT2D eigenvalue weighted by Crippen LogP contribution is -2.41. The molecule has 0 radical (unpaired) electrons. The van der Waals surface area contributed by atoms with Gasteiger partial charge in [0.15, 0.2) is 0 Å². The zero-order chi connectivity index (χ0) is 13.4. The largest absolute Gasteiger partial charge is 0.375 e. The SMILES string of the molecule is CC1CN(c2ccc3c(=O)n(C)ccc3n2)CCO1. The Morgan fingerprint density at radius 2 is 2.21 bits per heavy atom. The molecule has 5 nitrogen and oxygen atoms in total. The van der Waals surface area contributed by atoms with Crippen LogP contribution in [0.25, 0.3) is 10.9 Å². The third kappa shape index (κ3) is 2.21. The number of hydrogen-bond acceptors (Lipinski definition) is 4. The van der Waals surface area contributed by atoms with Crippen LogP contribution >= 0.6 is 0 Å². The van der Waals surface area contributed by atoms with Crippen LogP contribution in [-0.4, -0.2) is 35.4 Å². The van der Waals surface area contributed by atoms with E-state index in [4.69, 9.17) is 4.74 Å². The minimum atomic E-state index is -0.00750.